The summed E-state index contributed by atoms with van der Waals surface area (Å²) in [6, 6.07) is 5.45. The van der Waals surface area contributed by atoms with Gasteiger partial charge in [0.15, 0.2) is 0 Å². The molecular formula is C19H26O9Si. The van der Waals surface area contributed by atoms with Crippen molar-refractivity contribution >= 4 is 26.7 Å². The molecule has 0 bridgehead atoms. The number of carbonyl (C=O) groups is 3. The second kappa shape index (κ2) is 9.27. The Balaban J connectivity index is 1.98. The fourth-order valence-electron chi connectivity index (χ4n) is 2.76. The van der Waals surface area contributed by atoms with Crippen LogP contribution in [0.1, 0.15) is 46.6 Å². The van der Waals surface area contributed by atoms with Gasteiger partial charge in [-0.15, -0.1) is 0 Å². The van der Waals surface area contributed by atoms with Gasteiger partial charge in [0, 0.05) is 40.2 Å². The normalized spacial score (nSPS) is 14.8. The van der Waals surface area contributed by atoms with Crippen molar-refractivity contribution < 1.29 is 41.9 Å². The topological polar surface area (TPSA) is 107 Å². The Morgan fingerprint density at radius 1 is 1.03 bits per heavy atom. The molecule has 0 aromatic heterocycles. The molecule has 10 heteroatoms. The number of hydrogen-bond acceptors (Lipinski definition) is 9. The minimum absolute atomic E-state index is 0.0527. The van der Waals surface area contributed by atoms with E-state index in [9.17, 15) is 14.4 Å². The van der Waals surface area contributed by atoms with E-state index in [0.29, 0.717) is 18.8 Å². The summed E-state index contributed by atoms with van der Waals surface area (Å²) in [5, 5.41) is 0. The lowest BCUT2D eigenvalue weighted by Gasteiger charge is -2.32. The van der Waals surface area contributed by atoms with E-state index in [1.54, 1.807) is 6.07 Å². The molecule has 0 amide bonds. The molecule has 0 radical (unpaired) electrons. The van der Waals surface area contributed by atoms with E-state index in [-0.39, 0.29) is 12.7 Å². The van der Waals surface area contributed by atoms with Crippen molar-refractivity contribution in [3.05, 3.63) is 23.8 Å². The molecule has 1 heterocycles. The van der Waals surface area contributed by atoms with Gasteiger partial charge in [-0.25, -0.2) is 0 Å². The molecule has 0 aliphatic carbocycles. The number of rotatable bonds is 8. The minimum Gasteiger partial charge on any atom is -0.494 e. The highest BCUT2D eigenvalue weighted by atomic mass is 28.4. The highest BCUT2D eigenvalue weighted by Gasteiger charge is 2.51. The predicted octanol–water partition coefficient (Wildman–Crippen LogP) is 2.73. The van der Waals surface area contributed by atoms with Crippen LogP contribution in [0, 0.1) is 0 Å². The number of fused-ring (bicyclic) bond motifs is 1. The van der Waals surface area contributed by atoms with Gasteiger partial charge in [0.05, 0.1) is 19.3 Å². The van der Waals surface area contributed by atoms with Crippen LogP contribution >= 0.6 is 0 Å². The average Bonchev–Trinajstić information content (AvgIpc) is 2.56. The lowest BCUT2D eigenvalue weighted by molar-refractivity contribution is -0.180. The van der Waals surface area contributed by atoms with E-state index in [2.05, 4.69) is 0 Å². The van der Waals surface area contributed by atoms with Crippen LogP contribution in [0.2, 0.25) is 6.04 Å². The Labute approximate surface area is 170 Å². The summed E-state index contributed by atoms with van der Waals surface area (Å²) in [4.78, 5) is 34.3. The number of benzene rings is 1. The van der Waals surface area contributed by atoms with Crippen LogP contribution in [0.25, 0.3) is 0 Å². The summed E-state index contributed by atoms with van der Waals surface area (Å²) in [5.41, 5.74) is 0.866. The highest BCUT2D eigenvalue weighted by Crippen LogP contribution is 2.33. The van der Waals surface area contributed by atoms with Crippen molar-refractivity contribution in [3.8, 4) is 11.5 Å². The molecule has 0 spiro atoms. The van der Waals surface area contributed by atoms with Gasteiger partial charge in [-0.05, 0) is 24.6 Å². The molecule has 0 fully saturated rings. The van der Waals surface area contributed by atoms with Gasteiger partial charge in [-0.2, -0.15) is 0 Å². The third-order valence-electron chi connectivity index (χ3n) is 3.76. The fraction of sp³-hybridized carbons (Fsp3) is 0.526. The molecule has 9 nitrogen and oxygen atoms in total. The molecule has 1 aromatic carbocycles. The van der Waals surface area contributed by atoms with E-state index >= 15 is 0 Å². The zero-order valence-electron chi connectivity index (χ0n) is 17.2. The van der Waals surface area contributed by atoms with Crippen LogP contribution in [0.5, 0.6) is 11.5 Å². The summed E-state index contributed by atoms with van der Waals surface area (Å²) in [6.45, 7) is 7.78. The smallest absolute Gasteiger partial charge is 0.494 e. The molecule has 0 atom stereocenters. The zero-order chi connectivity index (χ0) is 21.7. The molecule has 0 saturated carbocycles. The first-order valence-corrected chi connectivity index (χ1v) is 11.1. The molecule has 2 rings (SSSR count). The largest absolute Gasteiger partial charge is 0.705 e. The first kappa shape index (κ1) is 22.7. The van der Waals surface area contributed by atoms with Gasteiger partial charge in [0.1, 0.15) is 11.5 Å². The lowest BCUT2D eigenvalue weighted by Crippen LogP contribution is -2.49. The fourth-order valence-corrected chi connectivity index (χ4v) is 5.08. The molecule has 1 aliphatic heterocycles. The molecule has 0 saturated heterocycles. The van der Waals surface area contributed by atoms with Gasteiger partial charge < -0.3 is 27.5 Å². The van der Waals surface area contributed by atoms with Crippen molar-refractivity contribution in [2.45, 2.75) is 59.5 Å². The van der Waals surface area contributed by atoms with Crippen LogP contribution in [0.4, 0.5) is 0 Å². The Bertz CT molecular complexity index is 734. The third kappa shape index (κ3) is 7.06. The van der Waals surface area contributed by atoms with Gasteiger partial charge >= 0.3 is 8.80 Å². The van der Waals surface area contributed by atoms with Gasteiger partial charge in [-0.3, -0.25) is 14.4 Å². The van der Waals surface area contributed by atoms with Crippen molar-refractivity contribution in [3.63, 3.8) is 0 Å². The maximum absolute atomic E-state index is 11.4. The van der Waals surface area contributed by atoms with Crippen LogP contribution in [-0.4, -0.2) is 39.1 Å². The Hall–Kier alpha value is -2.59. The maximum atomic E-state index is 11.4. The summed E-state index contributed by atoms with van der Waals surface area (Å²) in [6.07, 6.45) is 0.331. The summed E-state index contributed by atoms with van der Waals surface area (Å²) in [5.74, 6) is -1.42. The van der Waals surface area contributed by atoms with Crippen LogP contribution in [0.15, 0.2) is 18.2 Å². The van der Waals surface area contributed by atoms with Crippen LogP contribution in [-0.2, 0) is 39.0 Å². The number of carbonyl (C=O) groups excluding carboxylic acids is 3. The molecule has 1 aliphatic rings. The number of ether oxygens (including phenoxy) is 3. The van der Waals surface area contributed by atoms with E-state index in [1.807, 2.05) is 26.0 Å². The number of hydrogen-bond donors (Lipinski definition) is 0. The van der Waals surface area contributed by atoms with Crippen molar-refractivity contribution in [2.75, 3.05) is 6.61 Å². The van der Waals surface area contributed by atoms with Crippen molar-refractivity contribution in [2.24, 2.45) is 0 Å². The van der Waals surface area contributed by atoms with Gasteiger partial charge in [0.25, 0.3) is 17.9 Å². The molecule has 160 valence electrons. The monoisotopic (exact) mass is 426 g/mol. The van der Waals surface area contributed by atoms with Crippen LogP contribution < -0.4 is 9.47 Å². The average molecular weight is 426 g/mol. The van der Waals surface area contributed by atoms with Gasteiger partial charge in [0.2, 0.25) is 5.79 Å². The highest BCUT2D eigenvalue weighted by molar-refractivity contribution is 6.65. The second-order valence-electron chi connectivity index (χ2n) is 6.98. The molecule has 0 unspecified atom stereocenters. The Morgan fingerprint density at radius 3 is 2.17 bits per heavy atom. The molecule has 29 heavy (non-hydrogen) atoms. The quantitative estimate of drug-likeness (QED) is 0.458. The third-order valence-corrected chi connectivity index (χ3v) is 6.52. The van der Waals surface area contributed by atoms with E-state index in [0.717, 1.165) is 32.1 Å². The molecule has 1 aromatic rings. The summed E-state index contributed by atoms with van der Waals surface area (Å²) in [7, 11) is -3.83. The Morgan fingerprint density at radius 2 is 1.62 bits per heavy atom. The first-order valence-electron chi connectivity index (χ1n) is 9.18. The van der Waals surface area contributed by atoms with E-state index in [1.165, 1.54) is 0 Å². The first-order chi connectivity index (χ1) is 13.5. The van der Waals surface area contributed by atoms with Crippen molar-refractivity contribution in [1.82, 2.24) is 0 Å². The standard InChI is InChI=1S/C19H26O9Si/c1-13(20)26-29(27-14(2)21,28-15(3)22)10-6-9-23-17-7-8-18-16(11-17)12-24-19(4,5)25-18/h7-8,11H,6,9-10,12H2,1-5H3. The second-order valence-corrected chi connectivity index (χ2v) is 9.45. The molecule has 0 N–H and O–H groups in total. The zero-order valence-corrected chi connectivity index (χ0v) is 18.2. The van der Waals surface area contributed by atoms with Crippen LogP contribution in [0.3, 0.4) is 0 Å². The summed E-state index contributed by atoms with van der Waals surface area (Å²) < 4.78 is 32.5. The van der Waals surface area contributed by atoms with E-state index < -0.39 is 32.5 Å². The predicted molar refractivity (Wildman–Crippen MR) is 102 cm³/mol. The maximum Gasteiger partial charge on any atom is 0.705 e. The molecular weight excluding hydrogens is 400 g/mol. The Kier molecular flexibility index (Phi) is 7.25. The van der Waals surface area contributed by atoms with E-state index in [4.69, 9.17) is 27.5 Å². The minimum atomic E-state index is -3.83. The lowest BCUT2D eigenvalue weighted by atomic mass is 10.1. The van der Waals surface area contributed by atoms with Gasteiger partial charge in [-0.1, -0.05) is 0 Å². The SMILES string of the molecule is CC(=O)O[Si](CCCOc1ccc2c(c1)COC(C)(C)O2)(OC(C)=O)OC(C)=O. The van der Waals surface area contributed by atoms with Crippen molar-refractivity contribution in [1.29, 1.82) is 0 Å². The summed E-state index contributed by atoms with van der Waals surface area (Å²) >= 11 is 0.